The Morgan fingerprint density at radius 1 is 1.86 bits per heavy atom. The van der Waals surface area contributed by atoms with Crippen LogP contribution in [0.4, 0.5) is 0 Å². The highest BCUT2D eigenvalue weighted by atomic mass is 32.2. The van der Waals surface area contributed by atoms with Crippen LogP contribution in [0.5, 0.6) is 0 Å². The number of rotatable bonds is 0. The Morgan fingerprint density at radius 2 is 2.57 bits per heavy atom. The maximum Gasteiger partial charge on any atom is 0.149 e. The molecule has 1 atom stereocenters. The summed E-state index contributed by atoms with van der Waals surface area (Å²) in [5, 5.41) is 0. The van der Waals surface area contributed by atoms with Crippen LogP contribution in [-0.4, -0.2) is 11.9 Å². The summed E-state index contributed by atoms with van der Waals surface area (Å²) in [6.45, 7) is 4.09. The summed E-state index contributed by atoms with van der Waals surface area (Å²) in [4.78, 5) is 0. The molecule has 1 aliphatic heterocycles. The summed E-state index contributed by atoms with van der Waals surface area (Å²) < 4.78 is 5.24. The smallest absolute Gasteiger partial charge is 0.149 e. The molecule has 0 spiro atoms. The first-order chi connectivity index (χ1) is 3.29. The maximum absolute atomic E-state index is 5.24. The molecule has 1 nitrogen and oxygen atoms in total. The van der Waals surface area contributed by atoms with Gasteiger partial charge in [-0.2, -0.15) is 0 Å². The third kappa shape index (κ3) is 1.35. The maximum atomic E-state index is 5.24. The van der Waals surface area contributed by atoms with E-state index in [0.29, 0.717) is 6.10 Å². The highest BCUT2D eigenvalue weighted by Crippen LogP contribution is 2.29. The van der Waals surface area contributed by atoms with Crippen molar-refractivity contribution in [3.8, 4) is 0 Å². The van der Waals surface area contributed by atoms with E-state index in [4.69, 9.17) is 4.74 Å². The van der Waals surface area contributed by atoms with Gasteiger partial charge in [-0.05, 0) is 13.8 Å². The highest BCUT2D eigenvalue weighted by molar-refractivity contribution is 8.02. The van der Waals surface area contributed by atoms with E-state index < -0.39 is 0 Å². The van der Waals surface area contributed by atoms with E-state index in [9.17, 15) is 0 Å². The van der Waals surface area contributed by atoms with Crippen LogP contribution >= 0.6 is 11.8 Å². The third-order valence-corrected chi connectivity index (χ3v) is 2.03. The molecule has 0 aromatic rings. The summed E-state index contributed by atoms with van der Waals surface area (Å²) in [6.07, 6.45) is 0.449. The minimum atomic E-state index is 0.449. The Kier molecular flexibility index (Phi) is 1.60. The molecule has 0 N–H and O–H groups in total. The molecule has 0 saturated carbocycles. The summed E-state index contributed by atoms with van der Waals surface area (Å²) in [6, 6.07) is 0. The number of hydrogen-bond acceptors (Lipinski definition) is 2. The van der Waals surface area contributed by atoms with Crippen molar-refractivity contribution in [3.05, 3.63) is 5.44 Å². The summed E-state index contributed by atoms with van der Waals surface area (Å²) >= 11 is 1.80. The molecule has 2 heteroatoms. The summed E-state index contributed by atoms with van der Waals surface area (Å²) in [5.74, 6) is 1.13. The van der Waals surface area contributed by atoms with E-state index in [1.807, 2.05) is 6.92 Å². The van der Waals surface area contributed by atoms with Crippen LogP contribution < -0.4 is 0 Å². The summed E-state index contributed by atoms with van der Waals surface area (Å²) in [5.41, 5.74) is 1.12. The monoisotopic (exact) mass is 117 g/mol. The lowest BCUT2D eigenvalue weighted by Crippen LogP contribution is -2.00. The predicted molar refractivity (Wildman–Crippen MR) is 31.9 cm³/mol. The van der Waals surface area contributed by atoms with Crippen LogP contribution in [-0.2, 0) is 4.74 Å². The van der Waals surface area contributed by atoms with Crippen LogP contribution in [0.2, 0.25) is 0 Å². The van der Waals surface area contributed by atoms with E-state index in [1.165, 1.54) is 0 Å². The molecule has 1 saturated heterocycles. The molecule has 1 fully saturated rings. The van der Waals surface area contributed by atoms with Crippen molar-refractivity contribution in [1.29, 1.82) is 0 Å². The Labute approximate surface area is 48.4 Å². The molecule has 7 heavy (non-hydrogen) atoms. The molecule has 1 unspecified atom stereocenters. The molecule has 1 aliphatic rings. The average molecular weight is 117 g/mol. The second kappa shape index (κ2) is 2.05. The van der Waals surface area contributed by atoms with Crippen LogP contribution in [0, 0.1) is 5.44 Å². The van der Waals surface area contributed by atoms with Crippen molar-refractivity contribution in [2.45, 2.75) is 20.0 Å². The van der Waals surface area contributed by atoms with E-state index >= 15 is 0 Å². The van der Waals surface area contributed by atoms with Crippen molar-refractivity contribution in [1.82, 2.24) is 0 Å². The van der Waals surface area contributed by atoms with Gasteiger partial charge in [-0.15, -0.1) is 11.8 Å². The first kappa shape index (κ1) is 5.45. The average Bonchev–Trinajstić information content (AvgIpc) is 1.87. The Balaban J connectivity index is 2.26. The first-order valence-electron chi connectivity index (χ1n) is 2.42. The molecule has 41 valence electrons. The van der Waals surface area contributed by atoms with Crippen molar-refractivity contribution in [2.24, 2.45) is 0 Å². The van der Waals surface area contributed by atoms with Gasteiger partial charge in [0.15, 0.2) is 0 Å². The molecular formula is C5H9OS. The molecule has 0 aromatic carbocycles. The highest BCUT2D eigenvalue weighted by Gasteiger charge is 2.18. The fraction of sp³-hybridized carbons (Fsp3) is 0.800. The lowest BCUT2D eigenvalue weighted by atomic mass is 10.5. The van der Waals surface area contributed by atoms with Crippen LogP contribution in [0.15, 0.2) is 0 Å². The van der Waals surface area contributed by atoms with Gasteiger partial charge < -0.3 is 4.74 Å². The van der Waals surface area contributed by atoms with Crippen molar-refractivity contribution in [2.75, 3.05) is 5.75 Å². The summed E-state index contributed by atoms with van der Waals surface area (Å²) in [7, 11) is 0. The van der Waals surface area contributed by atoms with Crippen LogP contribution in [0.25, 0.3) is 0 Å². The van der Waals surface area contributed by atoms with E-state index in [1.54, 1.807) is 11.8 Å². The Morgan fingerprint density at radius 3 is 2.71 bits per heavy atom. The standard InChI is InChI=1S/C5H9OS/c1-4-3-7-5(2)6-4/h4H,3H2,1-2H3. The number of ether oxygens (including phenoxy) is 1. The second-order valence-electron chi connectivity index (χ2n) is 1.73. The zero-order valence-corrected chi connectivity index (χ0v) is 5.42. The largest absolute Gasteiger partial charge is 0.357 e. The van der Waals surface area contributed by atoms with Gasteiger partial charge in [0.25, 0.3) is 0 Å². The number of thioether (sulfide) groups is 1. The molecule has 1 radical (unpaired) electrons. The van der Waals surface area contributed by atoms with Gasteiger partial charge in [0.1, 0.15) is 5.44 Å². The zero-order chi connectivity index (χ0) is 5.28. The van der Waals surface area contributed by atoms with Gasteiger partial charge >= 0.3 is 0 Å². The minimum absolute atomic E-state index is 0.449. The Hall–Kier alpha value is 0.310. The fourth-order valence-electron chi connectivity index (χ4n) is 0.586. The normalized spacial score (nSPS) is 34.3. The SMILES string of the molecule is C[C]1OC(C)CS1. The van der Waals surface area contributed by atoms with E-state index in [2.05, 4.69) is 6.92 Å². The molecule has 0 aliphatic carbocycles. The first-order valence-corrected chi connectivity index (χ1v) is 3.40. The molecule has 1 heterocycles. The van der Waals surface area contributed by atoms with Gasteiger partial charge in [-0.3, -0.25) is 0 Å². The third-order valence-electron chi connectivity index (χ3n) is 0.888. The van der Waals surface area contributed by atoms with Crippen LogP contribution in [0.1, 0.15) is 13.8 Å². The molecule has 0 aromatic heterocycles. The Bertz CT molecular complexity index is 57.1. The van der Waals surface area contributed by atoms with Gasteiger partial charge in [0.05, 0.1) is 6.10 Å². The van der Waals surface area contributed by atoms with Crippen molar-refractivity contribution < 1.29 is 4.74 Å². The number of hydrogen-bond donors (Lipinski definition) is 0. The predicted octanol–water partition coefficient (Wildman–Crippen LogP) is 1.65. The van der Waals surface area contributed by atoms with Crippen molar-refractivity contribution >= 4 is 11.8 Å². The molecular weight excluding hydrogens is 108 g/mol. The quantitative estimate of drug-likeness (QED) is 0.477. The van der Waals surface area contributed by atoms with Gasteiger partial charge in [-0.1, -0.05) is 0 Å². The molecule has 1 rings (SSSR count). The molecule has 0 bridgehead atoms. The van der Waals surface area contributed by atoms with Gasteiger partial charge in [-0.25, -0.2) is 0 Å². The molecule has 0 amide bonds. The second-order valence-corrected chi connectivity index (χ2v) is 2.93. The van der Waals surface area contributed by atoms with Gasteiger partial charge in [0, 0.05) is 5.75 Å². The van der Waals surface area contributed by atoms with E-state index in [-0.39, 0.29) is 0 Å². The van der Waals surface area contributed by atoms with Gasteiger partial charge in [0.2, 0.25) is 0 Å². The lowest BCUT2D eigenvalue weighted by molar-refractivity contribution is 0.146. The minimum Gasteiger partial charge on any atom is -0.357 e. The topological polar surface area (TPSA) is 9.23 Å². The van der Waals surface area contributed by atoms with E-state index in [0.717, 1.165) is 11.2 Å². The fourth-order valence-corrected chi connectivity index (χ4v) is 1.36. The van der Waals surface area contributed by atoms with Crippen LogP contribution in [0.3, 0.4) is 0 Å². The lowest BCUT2D eigenvalue weighted by Gasteiger charge is -1.98. The van der Waals surface area contributed by atoms with Crippen molar-refractivity contribution in [3.63, 3.8) is 0 Å². The zero-order valence-electron chi connectivity index (χ0n) is 4.60.